The predicted octanol–water partition coefficient (Wildman–Crippen LogP) is 1.84. The summed E-state index contributed by atoms with van der Waals surface area (Å²) in [5, 5.41) is 15.2. The molecule has 0 unspecified atom stereocenters. The Morgan fingerprint density at radius 2 is 2.04 bits per heavy atom. The fraction of sp³-hybridized carbons (Fsp3) is 0.381. The maximum Gasteiger partial charge on any atom is 0.254 e. The monoisotopic (exact) mass is 377 g/mol. The van der Waals surface area contributed by atoms with Gasteiger partial charge in [-0.2, -0.15) is 5.10 Å². The summed E-state index contributed by atoms with van der Waals surface area (Å²) in [6.45, 7) is 1.73. The molecular formula is C21H23N5O2. The Bertz CT molecular complexity index is 1050. The van der Waals surface area contributed by atoms with E-state index >= 15 is 0 Å². The summed E-state index contributed by atoms with van der Waals surface area (Å²) < 4.78 is 3.67. The van der Waals surface area contributed by atoms with Gasteiger partial charge in [-0.3, -0.25) is 9.48 Å². The molecule has 0 saturated carbocycles. The van der Waals surface area contributed by atoms with Crippen LogP contribution in [0, 0.1) is 0 Å². The van der Waals surface area contributed by atoms with Crippen molar-refractivity contribution >= 4 is 5.91 Å². The molecule has 7 nitrogen and oxygen atoms in total. The van der Waals surface area contributed by atoms with Crippen LogP contribution in [0.4, 0.5) is 0 Å². The molecule has 1 aliphatic carbocycles. The third kappa shape index (κ3) is 2.82. The summed E-state index contributed by atoms with van der Waals surface area (Å²) >= 11 is 0. The van der Waals surface area contributed by atoms with Gasteiger partial charge in [-0.05, 0) is 48.6 Å². The van der Waals surface area contributed by atoms with E-state index in [4.69, 9.17) is 0 Å². The first-order valence-corrected chi connectivity index (χ1v) is 9.73. The average molecular weight is 377 g/mol. The predicted molar refractivity (Wildman–Crippen MR) is 103 cm³/mol. The van der Waals surface area contributed by atoms with Crippen molar-refractivity contribution in [3.8, 4) is 0 Å². The van der Waals surface area contributed by atoms with E-state index in [-0.39, 0.29) is 5.91 Å². The van der Waals surface area contributed by atoms with Crippen LogP contribution < -0.4 is 0 Å². The van der Waals surface area contributed by atoms with E-state index in [0.717, 1.165) is 24.1 Å². The smallest absolute Gasteiger partial charge is 0.254 e. The number of nitrogens with zero attached hydrogens (tertiary/aromatic N) is 5. The number of imidazole rings is 1. The van der Waals surface area contributed by atoms with Crippen molar-refractivity contribution in [3.05, 3.63) is 70.6 Å². The molecule has 7 heteroatoms. The van der Waals surface area contributed by atoms with E-state index in [1.807, 2.05) is 28.8 Å². The van der Waals surface area contributed by atoms with Gasteiger partial charge in [-0.25, -0.2) is 4.98 Å². The van der Waals surface area contributed by atoms with Crippen molar-refractivity contribution in [2.24, 2.45) is 7.05 Å². The number of aromatic nitrogens is 4. The highest BCUT2D eigenvalue weighted by Gasteiger charge is 2.27. The van der Waals surface area contributed by atoms with Gasteiger partial charge in [0.2, 0.25) is 0 Å². The topological polar surface area (TPSA) is 76.2 Å². The van der Waals surface area contributed by atoms with Gasteiger partial charge in [0.1, 0.15) is 5.82 Å². The normalized spacial score (nSPS) is 16.7. The van der Waals surface area contributed by atoms with Gasteiger partial charge in [0.15, 0.2) is 6.10 Å². The van der Waals surface area contributed by atoms with Crippen LogP contribution in [0.5, 0.6) is 0 Å². The Labute approximate surface area is 163 Å². The lowest BCUT2D eigenvalue weighted by atomic mass is 10.1. The number of aliphatic hydroxyl groups excluding tert-OH is 1. The van der Waals surface area contributed by atoms with Crippen LogP contribution >= 0.6 is 0 Å². The van der Waals surface area contributed by atoms with Gasteiger partial charge in [-0.1, -0.05) is 6.07 Å². The zero-order chi connectivity index (χ0) is 19.3. The Kier molecular flexibility index (Phi) is 4.05. The second-order valence-electron chi connectivity index (χ2n) is 7.65. The molecule has 5 rings (SSSR count). The molecule has 1 amide bonds. The fourth-order valence-electron chi connectivity index (χ4n) is 4.26. The van der Waals surface area contributed by atoms with E-state index in [2.05, 4.69) is 22.2 Å². The summed E-state index contributed by atoms with van der Waals surface area (Å²) in [7, 11) is 1.85. The van der Waals surface area contributed by atoms with Crippen LogP contribution in [0.2, 0.25) is 0 Å². The Morgan fingerprint density at radius 3 is 2.86 bits per heavy atom. The number of aliphatic hydroxyl groups is 1. The van der Waals surface area contributed by atoms with Gasteiger partial charge < -0.3 is 14.6 Å². The fourth-order valence-corrected chi connectivity index (χ4v) is 4.26. The SMILES string of the molecule is Cn1ccnc1[C@H](O)c1cc2n(n1)CCN(C(=O)c1ccc3c(c1)CCC3)C2. The van der Waals surface area contributed by atoms with Crippen molar-refractivity contribution in [3.63, 3.8) is 0 Å². The van der Waals surface area contributed by atoms with Crippen molar-refractivity contribution in [2.75, 3.05) is 6.54 Å². The number of rotatable bonds is 3. The summed E-state index contributed by atoms with van der Waals surface area (Å²) in [5.74, 6) is 0.620. The summed E-state index contributed by atoms with van der Waals surface area (Å²) in [6.07, 6.45) is 5.94. The molecule has 1 N–H and O–H groups in total. The summed E-state index contributed by atoms with van der Waals surface area (Å²) in [5.41, 5.74) is 4.96. The number of benzene rings is 1. The largest absolute Gasteiger partial charge is 0.379 e. The van der Waals surface area contributed by atoms with Crippen LogP contribution in [0.25, 0.3) is 0 Å². The number of hydrogen-bond acceptors (Lipinski definition) is 4. The van der Waals surface area contributed by atoms with Crippen LogP contribution in [0.15, 0.2) is 36.7 Å². The Morgan fingerprint density at radius 1 is 1.18 bits per heavy atom. The number of hydrogen-bond donors (Lipinski definition) is 1. The van der Waals surface area contributed by atoms with E-state index in [0.29, 0.717) is 31.2 Å². The average Bonchev–Trinajstić information content (AvgIpc) is 3.44. The molecule has 3 aromatic rings. The van der Waals surface area contributed by atoms with E-state index in [1.165, 1.54) is 17.5 Å². The summed E-state index contributed by atoms with van der Waals surface area (Å²) in [4.78, 5) is 19.1. The lowest BCUT2D eigenvalue weighted by Gasteiger charge is -2.28. The van der Waals surface area contributed by atoms with Crippen LogP contribution in [0.3, 0.4) is 0 Å². The molecule has 2 aromatic heterocycles. The molecule has 3 heterocycles. The van der Waals surface area contributed by atoms with Crippen LogP contribution in [0.1, 0.15) is 51.2 Å². The maximum atomic E-state index is 13.0. The number of amides is 1. The molecule has 28 heavy (non-hydrogen) atoms. The minimum atomic E-state index is -0.876. The second kappa shape index (κ2) is 6.60. The van der Waals surface area contributed by atoms with Gasteiger partial charge in [0.05, 0.1) is 24.5 Å². The molecule has 0 spiro atoms. The maximum absolute atomic E-state index is 13.0. The molecule has 1 aliphatic heterocycles. The van der Waals surface area contributed by atoms with E-state index in [9.17, 15) is 9.90 Å². The zero-order valence-electron chi connectivity index (χ0n) is 15.9. The highest BCUT2D eigenvalue weighted by molar-refractivity contribution is 5.94. The quantitative estimate of drug-likeness (QED) is 0.756. The number of fused-ring (bicyclic) bond motifs is 2. The lowest BCUT2D eigenvalue weighted by Crippen LogP contribution is -2.38. The highest BCUT2D eigenvalue weighted by Crippen LogP contribution is 2.26. The standard InChI is InChI=1S/C21H23N5O2/c1-24-8-7-22-20(24)19(27)18-12-17-13-25(9-10-26(17)23-18)21(28)16-6-5-14-3-2-4-15(14)11-16/h5-8,11-12,19,27H,2-4,9-10,13H2,1H3/t19-/m1/s1. The van der Waals surface area contributed by atoms with Crippen molar-refractivity contribution in [1.29, 1.82) is 0 Å². The molecule has 2 aliphatic rings. The van der Waals surface area contributed by atoms with E-state index in [1.54, 1.807) is 17.0 Å². The zero-order valence-corrected chi connectivity index (χ0v) is 15.9. The van der Waals surface area contributed by atoms with Gasteiger partial charge >= 0.3 is 0 Å². The first-order chi connectivity index (χ1) is 13.6. The minimum Gasteiger partial charge on any atom is -0.379 e. The third-order valence-corrected chi connectivity index (χ3v) is 5.83. The second-order valence-corrected chi connectivity index (χ2v) is 7.65. The van der Waals surface area contributed by atoms with E-state index < -0.39 is 6.10 Å². The van der Waals surface area contributed by atoms with Crippen LogP contribution in [-0.2, 0) is 33.0 Å². The molecule has 0 bridgehead atoms. The highest BCUT2D eigenvalue weighted by atomic mass is 16.3. The van der Waals surface area contributed by atoms with Crippen molar-refractivity contribution < 1.29 is 9.90 Å². The number of aryl methyl sites for hydroxylation is 3. The molecule has 0 radical (unpaired) electrons. The van der Waals surface area contributed by atoms with Crippen molar-refractivity contribution in [1.82, 2.24) is 24.2 Å². The molecular weight excluding hydrogens is 354 g/mol. The molecule has 0 saturated heterocycles. The first-order valence-electron chi connectivity index (χ1n) is 9.73. The van der Waals surface area contributed by atoms with Gasteiger partial charge in [-0.15, -0.1) is 0 Å². The Balaban J connectivity index is 1.36. The van der Waals surface area contributed by atoms with Crippen molar-refractivity contribution in [2.45, 2.75) is 38.5 Å². The molecule has 144 valence electrons. The third-order valence-electron chi connectivity index (χ3n) is 5.83. The molecule has 1 atom stereocenters. The minimum absolute atomic E-state index is 0.0633. The molecule has 1 aromatic carbocycles. The first kappa shape index (κ1) is 17.2. The molecule has 0 fully saturated rings. The lowest BCUT2D eigenvalue weighted by molar-refractivity contribution is 0.0705. The number of carbonyl (C=O) groups excluding carboxylic acids is 1. The number of carbonyl (C=O) groups is 1. The van der Waals surface area contributed by atoms with Gasteiger partial charge in [0.25, 0.3) is 5.91 Å². The Hall–Kier alpha value is -2.93. The van der Waals surface area contributed by atoms with Crippen LogP contribution in [-0.4, -0.2) is 41.8 Å². The summed E-state index contributed by atoms with van der Waals surface area (Å²) in [6, 6.07) is 7.99. The van der Waals surface area contributed by atoms with Gasteiger partial charge in [0, 0.05) is 31.5 Å².